The Hall–Kier alpha value is -5.29. The summed E-state index contributed by atoms with van der Waals surface area (Å²) < 4.78 is 42.5. The van der Waals surface area contributed by atoms with E-state index in [0.29, 0.717) is 28.3 Å². The number of alkyl halides is 3. The van der Waals surface area contributed by atoms with Crippen molar-refractivity contribution < 1.29 is 27.5 Å². The van der Waals surface area contributed by atoms with E-state index < -0.39 is 18.3 Å². The minimum atomic E-state index is -4.78. The standard InChI is InChI=1S/C30H22F3N7O3S/c1-18-4-3-5-19(2)26(18)40-25(41)16-44-29(40)37-28(42)35-15-22(14-34)20-6-8-21(9-7-20)27-36-17-39(38-27)23-10-12-24(13-11-23)43-30(31,32)33/h3-13,15,17,22H,16H2,1-2H3. The number of hydrogen-bond donors (Lipinski definition) is 0. The summed E-state index contributed by atoms with van der Waals surface area (Å²) in [6, 6.07) is 18.8. The number of nitrogens with zero attached hydrogens (tertiary/aromatic N) is 7. The van der Waals surface area contributed by atoms with E-state index in [1.165, 1.54) is 46.4 Å². The van der Waals surface area contributed by atoms with Gasteiger partial charge in [-0.3, -0.25) is 9.69 Å². The molecule has 14 heteroatoms. The van der Waals surface area contributed by atoms with Crippen molar-refractivity contribution in [2.45, 2.75) is 26.1 Å². The summed E-state index contributed by atoms with van der Waals surface area (Å²) in [5, 5.41) is 14.3. The molecule has 10 nitrogen and oxygen atoms in total. The van der Waals surface area contributed by atoms with Crippen LogP contribution < -0.4 is 9.64 Å². The first kappa shape index (κ1) is 30.2. The maximum atomic E-state index is 12.6. The molecular weight excluding hydrogens is 595 g/mol. The van der Waals surface area contributed by atoms with Crippen molar-refractivity contribution in [1.82, 2.24) is 14.8 Å². The topological polar surface area (TPSA) is 126 Å². The van der Waals surface area contributed by atoms with Crippen molar-refractivity contribution in [2.75, 3.05) is 10.7 Å². The van der Waals surface area contributed by atoms with Crippen LogP contribution in [0.1, 0.15) is 22.6 Å². The van der Waals surface area contributed by atoms with Gasteiger partial charge >= 0.3 is 12.4 Å². The number of hydrogen-bond acceptors (Lipinski definition) is 7. The third-order valence-electron chi connectivity index (χ3n) is 6.45. The molecule has 0 bridgehead atoms. The van der Waals surface area contributed by atoms with Gasteiger partial charge in [-0.2, -0.15) is 10.3 Å². The van der Waals surface area contributed by atoms with Crippen LogP contribution in [0.3, 0.4) is 0 Å². The molecule has 2 heterocycles. The number of ether oxygens (including phenoxy) is 1. The van der Waals surface area contributed by atoms with Crippen LogP contribution in [0, 0.1) is 25.2 Å². The van der Waals surface area contributed by atoms with Crippen LogP contribution in [0.2, 0.25) is 0 Å². The molecule has 1 atom stereocenters. The van der Waals surface area contributed by atoms with Gasteiger partial charge in [-0.25, -0.2) is 19.5 Å². The average molecular weight is 618 g/mol. The number of benzene rings is 3. The van der Waals surface area contributed by atoms with Crippen LogP contribution in [0.25, 0.3) is 17.1 Å². The van der Waals surface area contributed by atoms with Gasteiger partial charge < -0.3 is 4.74 Å². The first-order valence-corrected chi connectivity index (χ1v) is 14.0. The highest BCUT2D eigenvalue weighted by molar-refractivity contribution is 8.15. The molecule has 0 N–H and O–H groups in total. The first-order valence-electron chi connectivity index (χ1n) is 13.0. The lowest BCUT2D eigenvalue weighted by Crippen LogP contribution is -2.31. The monoisotopic (exact) mass is 617 g/mol. The summed E-state index contributed by atoms with van der Waals surface area (Å²) in [5.41, 5.74) is 4.07. The molecule has 1 saturated heterocycles. The van der Waals surface area contributed by atoms with Crippen LogP contribution >= 0.6 is 11.8 Å². The number of amides is 3. The van der Waals surface area contributed by atoms with E-state index in [2.05, 4.69) is 30.9 Å². The van der Waals surface area contributed by atoms with E-state index >= 15 is 0 Å². The molecule has 1 aliphatic rings. The Morgan fingerprint density at radius 1 is 1.09 bits per heavy atom. The second-order valence-electron chi connectivity index (χ2n) is 9.50. The molecule has 1 aromatic heterocycles. The van der Waals surface area contributed by atoms with Crippen molar-refractivity contribution in [3.05, 3.63) is 89.7 Å². The predicted octanol–water partition coefficient (Wildman–Crippen LogP) is 6.38. The molecule has 5 rings (SSSR count). The second kappa shape index (κ2) is 12.5. The van der Waals surface area contributed by atoms with Gasteiger partial charge in [0.05, 0.1) is 23.2 Å². The molecule has 1 aliphatic heterocycles. The van der Waals surface area contributed by atoms with Crippen LogP contribution in [-0.4, -0.2) is 50.2 Å². The molecule has 0 radical (unpaired) electrons. The number of aryl methyl sites for hydroxylation is 2. The number of anilines is 1. The lowest BCUT2D eigenvalue weighted by molar-refractivity contribution is -0.274. The van der Waals surface area contributed by atoms with Gasteiger partial charge in [-0.05, 0) is 54.8 Å². The van der Waals surface area contributed by atoms with E-state index in [1.807, 2.05) is 32.0 Å². The van der Waals surface area contributed by atoms with Gasteiger partial charge in [0.1, 0.15) is 18.0 Å². The number of aromatic nitrogens is 3. The summed E-state index contributed by atoms with van der Waals surface area (Å²) in [5.74, 6) is -0.909. The predicted molar refractivity (Wildman–Crippen MR) is 159 cm³/mol. The van der Waals surface area contributed by atoms with E-state index in [1.54, 1.807) is 24.3 Å². The summed E-state index contributed by atoms with van der Waals surface area (Å²) in [6.45, 7) is 3.75. The zero-order valence-electron chi connectivity index (χ0n) is 23.2. The number of rotatable bonds is 6. The summed E-state index contributed by atoms with van der Waals surface area (Å²) in [7, 11) is 0. The number of amidine groups is 1. The largest absolute Gasteiger partial charge is 0.573 e. The number of urea groups is 1. The number of carbonyl (C=O) groups excluding carboxylic acids is 2. The minimum Gasteiger partial charge on any atom is -0.406 e. The SMILES string of the molecule is Cc1cccc(C)c1N1C(=O)CSC1=NC(=O)N=CC(C#N)c1ccc(-c2ncn(-c3ccc(OC(F)(F)F)cc3)n2)cc1. The smallest absolute Gasteiger partial charge is 0.406 e. The Bertz CT molecular complexity index is 1790. The molecule has 44 heavy (non-hydrogen) atoms. The molecule has 222 valence electrons. The molecule has 0 saturated carbocycles. The fourth-order valence-electron chi connectivity index (χ4n) is 4.43. The van der Waals surface area contributed by atoms with Gasteiger partial charge in [0, 0.05) is 11.8 Å². The third-order valence-corrected chi connectivity index (χ3v) is 7.37. The molecule has 1 fully saturated rings. The van der Waals surface area contributed by atoms with Crippen LogP contribution in [-0.2, 0) is 4.79 Å². The van der Waals surface area contributed by atoms with Crippen molar-refractivity contribution in [1.29, 1.82) is 5.26 Å². The summed E-state index contributed by atoms with van der Waals surface area (Å²) >= 11 is 1.14. The number of carbonyl (C=O) groups is 2. The highest BCUT2D eigenvalue weighted by Gasteiger charge is 2.32. The minimum absolute atomic E-state index is 0.146. The highest BCUT2D eigenvalue weighted by atomic mass is 32.2. The summed E-state index contributed by atoms with van der Waals surface area (Å²) in [4.78, 5) is 38.8. The summed E-state index contributed by atoms with van der Waals surface area (Å²) in [6.07, 6.45) is -2.17. The van der Waals surface area contributed by atoms with Crippen LogP contribution in [0.5, 0.6) is 5.75 Å². The zero-order chi connectivity index (χ0) is 31.4. The Kier molecular flexibility index (Phi) is 8.59. The highest BCUT2D eigenvalue weighted by Crippen LogP contribution is 2.32. The maximum Gasteiger partial charge on any atom is 0.573 e. The third kappa shape index (κ3) is 6.84. The van der Waals surface area contributed by atoms with Crippen molar-refractivity contribution >= 4 is 40.8 Å². The quantitative estimate of drug-likeness (QED) is 0.230. The molecule has 3 amide bonds. The van der Waals surface area contributed by atoms with Gasteiger partial charge in [0.2, 0.25) is 5.91 Å². The number of halogens is 3. The van der Waals surface area contributed by atoms with E-state index in [9.17, 15) is 28.0 Å². The second-order valence-corrected chi connectivity index (χ2v) is 10.4. The Morgan fingerprint density at radius 3 is 2.41 bits per heavy atom. The number of aliphatic imine (C=N–C) groups is 2. The first-order chi connectivity index (χ1) is 21.0. The zero-order valence-corrected chi connectivity index (χ0v) is 24.0. The van der Waals surface area contributed by atoms with Crippen molar-refractivity contribution in [3.8, 4) is 28.9 Å². The van der Waals surface area contributed by atoms with Gasteiger partial charge in [0.15, 0.2) is 11.0 Å². The van der Waals surface area contributed by atoms with Crippen molar-refractivity contribution in [3.63, 3.8) is 0 Å². The molecule has 4 aromatic rings. The number of thioether (sulfide) groups is 1. The number of nitriles is 1. The van der Waals surface area contributed by atoms with Gasteiger partial charge in [-0.1, -0.05) is 54.2 Å². The van der Waals surface area contributed by atoms with E-state index in [-0.39, 0.29) is 22.6 Å². The molecule has 3 aromatic carbocycles. The maximum absolute atomic E-state index is 12.6. The molecular formula is C30H22F3N7O3S. The Morgan fingerprint density at radius 2 is 1.77 bits per heavy atom. The van der Waals surface area contributed by atoms with E-state index in [0.717, 1.165) is 22.9 Å². The fourth-order valence-corrected chi connectivity index (χ4v) is 5.27. The van der Waals surface area contributed by atoms with Crippen molar-refractivity contribution in [2.24, 2.45) is 9.98 Å². The fraction of sp³-hybridized carbons (Fsp3) is 0.167. The molecule has 1 unspecified atom stereocenters. The lowest BCUT2D eigenvalue weighted by atomic mass is 10.0. The Balaban J connectivity index is 1.27. The van der Waals surface area contributed by atoms with Gasteiger partial charge in [0.25, 0.3) is 0 Å². The van der Waals surface area contributed by atoms with E-state index in [4.69, 9.17) is 0 Å². The molecule has 0 spiro atoms. The Labute approximate surface area is 253 Å². The van der Waals surface area contributed by atoms with Gasteiger partial charge in [-0.15, -0.1) is 18.3 Å². The van der Waals surface area contributed by atoms with Crippen LogP contribution in [0.15, 0.2) is 83.0 Å². The lowest BCUT2D eigenvalue weighted by Gasteiger charge is -2.20. The van der Waals surface area contributed by atoms with Crippen LogP contribution in [0.4, 0.5) is 23.7 Å². The average Bonchev–Trinajstić information content (AvgIpc) is 3.61. The normalized spacial score (nSPS) is 15.1. The molecule has 0 aliphatic carbocycles. The number of para-hydroxylation sites is 1.